The highest BCUT2D eigenvalue weighted by atomic mass is 16.2. The van der Waals surface area contributed by atoms with E-state index < -0.39 is 11.2 Å². The summed E-state index contributed by atoms with van der Waals surface area (Å²) in [5.41, 5.74) is -0.372. The van der Waals surface area contributed by atoms with E-state index in [1.54, 1.807) is 6.92 Å². The molecule has 98 valence electrons. The second kappa shape index (κ2) is 4.57. The van der Waals surface area contributed by atoms with E-state index in [1.807, 2.05) is 0 Å². The molecule has 1 aromatic rings. The number of anilines is 1. The number of nitrogens with zero attached hydrogens (tertiary/aromatic N) is 3. The quantitative estimate of drug-likeness (QED) is 0.619. The Balaban J connectivity index is 0.00000162. The Bertz CT molecular complexity index is 653. The molecule has 0 aromatic carbocycles. The van der Waals surface area contributed by atoms with Gasteiger partial charge in [0.05, 0.1) is 6.42 Å². The molecule has 18 heavy (non-hydrogen) atoms. The SMILES string of the molecule is CC1=Nc2c(n(C)c(=O)n(C)c2=O)NC(=O)C1.O. The van der Waals surface area contributed by atoms with E-state index in [0.717, 1.165) is 4.57 Å². The first kappa shape index (κ1) is 13.8. The van der Waals surface area contributed by atoms with Gasteiger partial charge in [0, 0.05) is 19.8 Å². The number of hydrogen-bond donors (Lipinski definition) is 1. The molecular formula is C10H14N4O4. The van der Waals surface area contributed by atoms with Crippen molar-refractivity contribution in [1.82, 2.24) is 9.13 Å². The van der Waals surface area contributed by atoms with Crippen LogP contribution in [0.4, 0.5) is 11.5 Å². The van der Waals surface area contributed by atoms with Crippen LogP contribution in [0.3, 0.4) is 0 Å². The van der Waals surface area contributed by atoms with Crippen molar-refractivity contribution < 1.29 is 10.3 Å². The Morgan fingerprint density at radius 1 is 1.17 bits per heavy atom. The second-order valence-corrected chi connectivity index (χ2v) is 3.98. The predicted molar refractivity (Wildman–Crippen MR) is 66.6 cm³/mol. The highest BCUT2D eigenvalue weighted by Gasteiger charge is 2.20. The van der Waals surface area contributed by atoms with Crippen molar-refractivity contribution in [3.05, 3.63) is 20.8 Å². The zero-order valence-electron chi connectivity index (χ0n) is 10.3. The largest absolute Gasteiger partial charge is 0.412 e. The van der Waals surface area contributed by atoms with Gasteiger partial charge in [0.25, 0.3) is 5.56 Å². The van der Waals surface area contributed by atoms with E-state index >= 15 is 0 Å². The Hall–Kier alpha value is -2.22. The average molecular weight is 254 g/mol. The molecule has 0 aliphatic carbocycles. The summed E-state index contributed by atoms with van der Waals surface area (Å²) in [6.07, 6.45) is 0.117. The fourth-order valence-corrected chi connectivity index (χ4v) is 1.71. The molecule has 0 saturated carbocycles. The van der Waals surface area contributed by atoms with Gasteiger partial charge in [0.1, 0.15) is 5.82 Å². The molecule has 0 atom stereocenters. The standard InChI is InChI=1S/C10H12N4O3.H2O/c1-5-4-6(15)12-8-7(11-5)9(16)14(3)10(17)13(8)2;/h4H2,1-3H3,(H,12,15);1H2. The lowest BCUT2D eigenvalue weighted by Gasteiger charge is -2.11. The molecule has 1 amide bonds. The molecule has 2 heterocycles. The molecule has 0 unspecified atom stereocenters. The number of aliphatic imine (C=N–C) groups is 1. The first-order chi connectivity index (χ1) is 7.91. The monoisotopic (exact) mass is 254 g/mol. The van der Waals surface area contributed by atoms with E-state index in [2.05, 4.69) is 10.3 Å². The molecule has 0 bridgehead atoms. The number of fused-ring (bicyclic) bond motifs is 1. The lowest BCUT2D eigenvalue weighted by molar-refractivity contribution is -0.115. The Morgan fingerprint density at radius 2 is 1.78 bits per heavy atom. The normalized spacial score (nSPS) is 13.9. The minimum absolute atomic E-state index is 0. The first-order valence-corrected chi connectivity index (χ1v) is 5.06. The van der Waals surface area contributed by atoms with Crippen LogP contribution in [0.25, 0.3) is 0 Å². The van der Waals surface area contributed by atoms with Crippen LogP contribution < -0.4 is 16.6 Å². The van der Waals surface area contributed by atoms with Gasteiger partial charge in [-0.05, 0) is 6.92 Å². The van der Waals surface area contributed by atoms with Crippen LogP contribution in [0.15, 0.2) is 14.6 Å². The van der Waals surface area contributed by atoms with Crippen molar-refractivity contribution in [2.24, 2.45) is 19.1 Å². The van der Waals surface area contributed by atoms with Gasteiger partial charge in [0.15, 0.2) is 5.69 Å². The van der Waals surface area contributed by atoms with Gasteiger partial charge in [-0.1, -0.05) is 0 Å². The number of hydrogen-bond acceptors (Lipinski definition) is 4. The van der Waals surface area contributed by atoms with Crippen LogP contribution in [-0.4, -0.2) is 26.2 Å². The summed E-state index contributed by atoms with van der Waals surface area (Å²) in [6, 6.07) is 0. The topological polar surface area (TPSA) is 117 Å². The minimum atomic E-state index is -0.510. The summed E-state index contributed by atoms with van der Waals surface area (Å²) in [5.74, 6) is -0.131. The first-order valence-electron chi connectivity index (χ1n) is 5.06. The third kappa shape index (κ3) is 1.97. The predicted octanol–water partition coefficient (Wildman–Crippen LogP) is -1.31. The maximum Gasteiger partial charge on any atom is 0.332 e. The number of nitrogens with one attached hydrogen (secondary N) is 1. The lowest BCUT2D eigenvalue weighted by atomic mass is 10.3. The van der Waals surface area contributed by atoms with Crippen LogP contribution in [0, 0.1) is 0 Å². The summed E-state index contributed by atoms with van der Waals surface area (Å²) >= 11 is 0. The third-order valence-corrected chi connectivity index (χ3v) is 2.62. The summed E-state index contributed by atoms with van der Waals surface area (Å²) < 4.78 is 2.17. The van der Waals surface area contributed by atoms with Gasteiger partial charge in [-0.2, -0.15) is 0 Å². The van der Waals surface area contributed by atoms with Crippen LogP contribution in [0.1, 0.15) is 13.3 Å². The van der Waals surface area contributed by atoms with E-state index in [4.69, 9.17) is 0 Å². The Morgan fingerprint density at radius 3 is 2.39 bits per heavy atom. The van der Waals surface area contributed by atoms with Gasteiger partial charge < -0.3 is 10.8 Å². The van der Waals surface area contributed by atoms with Gasteiger partial charge >= 0.3 is 5.69 Å². The highest BCUT2D eigenvalue weighted by molar-refractivity contribution is 6.09. The van der Waals surface area contributed by atoms with Crippen molar-refractivity contribution in [2.45, 2.75) is 13.3 Å². The fraction of sp³-hybridized carbons (Fsp3) is 0.400. The fourth-order valence-electron chi connectivity index (χ4n) is 1.71. The summed E-state index contributed by atoms with van der Waals surface area (Å²) in [6.45, 7) is 1.67. The lowest BCUT2D eigenvalue weighted by Crippen LogP contribution is -2.38. The summed E-state index contributed by atoms with van der Waals surface area (Å²) in [5, 5.41) is 2.53. The van der Waals surface area contributed by atoms with Crippen molar-refractivity contribution in [1.29, 1.82) is 0 Å². The molecule has 3 N–H and O–H groups in total. The smallest absolute Gasteiger partial charge is 0.332 e. The molecule has 8 nitrogen and oxygen atoms in total. The summed E-state index contributed by atoms with van der Waals surface area (Å²) in [7, 11) is 2.86. The number of carbonyl (C=O) groups is 1. The molecule has 1 aliphatic heterocycles. The van der Waals surface area contributed by atoms with Crippen molar-refractivity contribution in [2.75, 3.05) is 5.32 Å². The van der Waals surface area contributed by atoms with Crippen molar-refractivity contribution in [3.63, 3.8) is 0 Å². The maximum absolute atomic E-state index is 11.9. The summed E-state index contributed by atoms with van der Waals surface area (Å²) in [4.78, 5) is 39.2. The van der Waals surface area contributed by atoms with E-state index in [0.29, 0.717) is 5.71 Å². The number of carbonyl (C=O) groups excluding carboxylic acids is 1. The molecule has 0 saturated heterocycles. The third-order valence-electron chi connectivity index (χ3n) is 2.62. The van der Waals surface area contributed by atoms with E-state index in [1.165, 1.54) is 18.7 Å². The molecule has 1 aromatic heterocycles. The molecule has 0 fully saturated rings. The number of rotatable bonds is 0. The zero-order chi connectivity index (χ0) is 12.7. The molecule has 8 heteroatoms. The highest BCUT2D eigenvalue weighted by Crippen LogP contribution is 2.21. The zero-order valence-corrected chi connectivity index (χ0v) is 10.3. The van der Waals surface area contributed by atoms with E-state index in [9.17, 15) is 14.4 Å². The molecule has 0 radical (unpaired) electrons. The average Bonchev–Trinajstić information content (AvgIpc) is 2.42. The van der Waals surface area contributed by atoms with Gasteiger partial charge in [-0.15, -0.1) is 0 Å². The van der Waals surface area contributed by atoms with Crippen LogP contribution >= 0.6 is 0 Å². The van der Waals surface area contributed by atoms with Crippen molar-refractivity contribution >= 4 is 23.1 Å². The van der Waals surface area contributed by atoms with Gasteiger partial charge in [-0.3, -0.25) is 18.7 Å². The van der Waals surface area contributed by atoms with E-state index in [-0.39, 0.29) is 29.3 Å². The van der Waals surface area contributed by atoms with Crippen LogP contribution in [-0.2, 0) is 18.9 Å². The molecule has 2 rings (SSSR count). The van der Waals surface area contributed by atoms with Gasteiger partial charge in [0.2, 0.25) is 5.91 Å². The maximum atomic E-state index is 11.9. The second-order valence-electron chi connectivity index (χ2n) is 3.98. The van der Waals surface area contributed by atoms with Gasteiger partial charge in [-0.25, -0.2) is 9.79 Å². The molecule has 0 spiro atoms. The molecular weight excluding hydrogens is 240 g/mol. The van der Waals surface area contributed by atoms with Crippen molar-refractivity contribution in [3.8, 4) is 0 Å². The van der Waals surface area contributed by atoms with Crippen LogP contribution in [0.2, 0.25) is 0 Å². The Labute approximate surface area is 102 Å². The number of aromatic nitrogens is 2. The minimum Gasteiger partial charge on any atom is -0.412 e. The number of amides is 1. The van der Waals surface area contributed by atoms with Crippen LogP contribution in [0.5, 0.6) is 0 Å². The Kier molecular flexibility index (Phi) is 3.52. The molecule has 1 aliphatic rings.